The van der Waals surface area contributed by atoms with E-state index in [1.807, 2.05) is 0 Å². The number of benzene rings is 5. The summed E-state index contributed by atoms with van der Waals surface area (Å²) in [5, 5.41) is 0. The molecular weight excluding hydrogens is 535 g/mol. The van der Waals surface area contributed by atoms with Crippen molar-refractivity contribution in [2.75, 3.05) is 0 Å². The number of hydrogen-bond donors (Lipinski definition) is 0. The summed E-state index contributed by atoms with van der Waals surface area (Å²) < 4.78 is 1.25. The normalized spacial score (nSPS) is 13.4. The van der Waals surface area contributed by atoms with Crippen molar-refractivity contribution in [2.45, 2.75) is 26.2 Å². The molecule has 0 heterocycles. The van der Waals surface area contributed by atoms with E-state index in [0.29, 0.717) is 0 Å². The van der Waals surface area contributed by atoms with E-state index in [0.717, 1.165) is 0 Å². The summed E-state index contributed by atoms with van der Waals surface area (Å²) in [6.07, 6.45) is 0. The highest BCUT2D eigenvalue weighted by Crippen LogP contribution is 2.50. The third-order valence-corrected chi connectivity index (χ3v) is 7.99. The molecule has 1 aliphatic carbocycles. The van der Waals surface area contributed by atoms with E-state index in [2.05, 4.69) is 153 Å². The topological polar surface area (TPSA) is 0 Å². The predicted octanol–water partition coefficient (Wildman–Crippen LogP) is 9.91. The van der Waals surface area contributed by atoms with Crippen LogP contribution in [-0.4, -0.2) is 0 Å². The summed E-state index contributed by atoms with van der Waals surface area (Å²) in [4.78, 5) is 0. The number of halogens is 1. The van der Waals surface area contributed by atoms with E-state index in [9.17, 15) is 0 Å². The maximum absolute atomic E-state index is 2.43. The van der Waals surface area contributed by atoms with Crippen molar-refractivity contribution in [3.8, 4) is 44.5 Å². The molecule has 0 aliphatic heterocycles. The van der Waals surface area contributed by atoms with Gasteiger partial charge in [-0.25, -0.2) is 0 Å². The van der Waals surface area contributed by atoms with Crippen molar-refractivity contribution in [3.05, 3.63) is 129 Å². The lowest BCUT2D eigenvalue weighted by Gasteiger charge is -2.22. The van der Waals surface area contributed by atoms with Crippen LogP contribution in [0.3, 0.4) is 0 Å². The Morgan fingerprint density at radius 3 is 1.77 bits per heavy atom. The fourth-order valence-corrected chi connectivity index (χ4v) is 6.13. The Morgan fingerprint density at radius 1 is 0.486 bits per heavy atom. The Kier molecular flexibility index (Phi) is 5.41. The molecule has 0 saturated heterocycles. The van der Waals surface area contributed by atoms with Crippen LogP contribution in [0.25, 0.3) is 44.5 Å². The van der Waals surface area contributed by atoms with Gasteiger partial charge in [-0.05, 0) is 115 Å². The summed E-state index contributed by atoms with van der Waals surface area (Å²) in [5.74, 6) is 0. The molecule has 0 fully saturated rings. The molecule has 0 unspecified atom stereocenters. The maximum Gasteiger partial charge on any atom is 0.0159 e. The van der Waals surface area contributed by atoms with Crippen LogP contribution in [-0.2, 0) is 5.41 Å². The molecule has 1 aliphatic rings. The molecule has 0 aromatic heterocycles. The lowest BCUT2D eigenvalue weighted by Crippen LogP contribution is -2.15. The third-order valence-electron chi connectivity index (χ3n) is 7.37. The molecule has 0 N–H and O–H groups in total. The monoisotopic (exact) mass is 562 g/mol. The van der Waals surface area contributed by atoms with Crippen LogP contribution in [0, 0.1) is 10.5 Å². The Labute approximate surface area is 221 Å². The molecule has 0 spiro atoms. The van der Waals surface area contributed by atoms with Crippen molar-refractivity contribution in [2.24, 2.45) is 0 Å². The predicted molar refractivity (Wildman–Crippen MR) is 158 cm³/mol. The van der Waals surface area contributed by atoms with Crippen molar-refractivity contribution in [3.63, 3.8) is 0 Å². The minimum absolute atomic E-state index is 0.00440. The number of rotatable bonds is 3. The zero-order valence-electron chi connectivity index (χ0n) is 20.3. The van der Waals surface area contributed by atoms with Gasteiger partial charge < -0.3 is 0 Å². The van der Waals surface area contributed by atoms with E-state index in [-0.39, 0.29) is 5.41 Å². The Hall–Kier alpha value is -3.17. The van der Waals surface area contributed by atoms with E-state index in [1.165, 1.54) is 64.8 Å². The van der Waals surface area contributed by atoms with Gasteiger partial charge in [0, 0.05) is 8.99 Å². The standard InChI is InChI=1S/C34H27I/c1-22-12-14-30-31-15-13-26(21-33(31)34(2,3)32(30)16-22)24-10-7-11-25(17-24)28-18-27(19-29(35)20-28)23-8-5-4-6-9-23/h4-21H,1-3H3. The smallest absolute Gasteiger partial charge is 0.0159 e. The minimum atomic E-state index is 0.00440. The van der Waals surface area contributed by atoms with Gasteiger partial charge in [0.1, 0.15) is 0 Å². The zero-order chi connectivity index (χ0) is 24.2. The van der Waals surface area contributed by atoms with Crippen molar-refractivity contribution >= 4 is 22.6 Å². The Balaban J connectivity index is 1.42. The summed E-state index contributed by atoms with van der Waals surface area (Å²) in [7, 11) is 0. The van der Waals surface area contributed by atoms with Gasteiger partial charge in [-0.1, -0.05) is 98.3 Å². The summed E-state index contributed by atoms with van der Waals surface area (Å²) in [6.45, 7) is 6.90. The number of hydrogen-bond acceptors (Lipinski definition) is 0. The van der Waals surface area contributed by atoms with Crippen LogP contribution in [0.5, 0.6) is 0 Å². The van der Waals surface area contributed by atoms with Gasteiger partial charge >= 0.3 is 0 Å². The van der Waals surface area contributed by atoms with E-state index >= 15 is 0 Å². The van der Waals surface area contributed by atoms with Crippen molar-refractivity contribution in [1.29, 1.82) is 0 Å². The van der Waals surface area contributed by atoms with Crippen LogP contribution >= 0.6 is 22.6 Å². The second-order valence-corrected chi connectivity index (χ2v) is 11.4. The van der Waals surface area contributed by atoms with Crippen LogP contribution < -0.4 is 0 Å². The van der Waals surface area contributed by atoms with Gasteiger partial charge in [-0.3, -0.25) is 0 Å². The minimum Gasteiger partial charge on any atom is -0.0622 e. The lowest BCUT2D eigenvalue weighted by molar-refractivity contribution is 0.660. The van der Waals surface area contributed by atoms with Crippen LogP contribution in [0.4, 0.5) is 0 Å². The Bertz CT molecular complexity index is 1570. The molecular formula is C34H27I. The third kappa shape index (κ3) is 3.92. The highest BCUT2D eigenvalue weighted by Gasteiger charge is 2.35. The highest BCUT2D eigenvalue weighted by molar-refractivity contribution is 14.1. The first-order valence-electron chi connectivity index (χ1n) is 12.1. The number of fused-ring (bicyclic) bond motifs is 3. The maximum atomic E-state index is 2.43. The molecule has 5 aromatic carbocycles. The van der Waals surface area contributed by atoms with Crippen molar-refractivity contribution < 1.29 is 0 Å². The molecule has 0 nitrogen and oxygen atoms in total. The first-order valence-corrected chi connectivity index (χ1v) is 13.2. The summed E-state index contributed by atoms with van der Waals surface area (Å²) >= 11 is 2.43. The zero-order valence-corrected chi connectivity index (χ0v) is 22.4. The first kappa shape index (κ1) is 22.3. The quantitative estimate of drug-likeness (QED) is 0.192. The van der Waals surface area contributed by atoms with E-state index in [1.54, 1.807) is 0 Å². The van der Waals surface area contributed by atoms with Gasteiger partial charge in [0.25, 0.3) is 0 Å². The van der Waals surface area contributed by atoms with Crippen molar-refractivity contribution in [1.82, 2.24) is 0 Å². The fraction of sp³-hybridized carbons (Fsp3) is 0.118. The summed E-state index contributed by atoms with van der Waals surface area (Å²) in [6, 6.07) is 40.3. The lowest BCUT2D eigenvalue weighted by atomic mass is 9.81. The molecule has 0 radical (unpaired) electrons. The largest absolute Gasteiger partial charge is 0.0622 e. The molecule has 5 aromatic rings. The molecule has 0 saturated carbocycles. The second kappa shape index (κ2) is 8.49. The first-order chi connectivity index (χ1) is 16.9. The average molecular weight is 562 g/mol. The van der Waals surface area contributed by atoms with Gasteiger partial charge in [0.15, 0.2) is 0 Å². The molecule has 6 rings (SSSR count). The molecule has 170 valence electrons. The van der Waals surface area contributed by atoms with Gasteiger partial charge in [-0.15, -0.1) is 0 Å². The number of aryl methyl sites for hydroxylation is 1. The van der Waals surface area contributed by atoms with Gasteiger partial charge in [0.2, 0.25) is 0 Å². The molecule has 0 bridgehead atoms. The molecule has 0 atom stereocenters. The second-order valence-electron chi connectivity index (χ2n) is 10.1. The SMILES string of the molecule is Cc1ccc2c(c1)C(C)(C)c1cc(-c3cccc(-c4cc(I)cc(-c5ccccc5)c4)c3)ccc1-2. The fourth-order valence-electron chi connectivity index (χ4n) is 5.46. The molecule has 35 heavy (non-hydrogen) atoms. The van der Waals surface area contributed by atoms with E-state index < -0.39 is 0 Å². The van der Waals surface area contributed by atoms with E-state index in [4.69, 9.17) is 0 Å². The van der Waals surface area contributed by atoms with Gasteiger partial charge in [0.05, 0.1) is 0 Å². The average Bonchev–Trinajstić information content (AvgIpc) is 3.10. The molecule has 1 heteroatoms. The molecule has 0 amide bonds. The van der Waals surface area contributed by atoms with Crippen LogP contribution in [0.1, 0.15) is 30.5 Å². The van der Waals surface area contributed by atoms with Crippen LogP contribution in [0.15, 0.2) is 109 Å². The van der Waals surface area contributed by atoms with Crippen LogP contribution in [0.2, 0.25) is 0 Å². The highest BCUT2D eigenvalue weighted by atomic mass is 127. The summed E-state index contributed by atoms with van der Waals surface area (Å²) in [5.41, 5.74) is 14.5. The van der Waals surface area contributed by atoms with Gasteiger partial charge in [-0.2, -0.15) is 0 Å². The Morgan fingerprint density at radius 2 is 1.03 bits per heavy atom.